The van der Waals surface area contributed by atoms with Gasteiger partial charge in [0, 0.05) is 50.2 Å². The Morgan fingerprint density at radius 2 is 2.08 bits per heavy atom. The summed E-state index contributed by atoms with van der Waals surface area (Å²) in [4.78, 5) is 31.4. The van der Waals surface area contributed by atoms with Crippen LogP contribution in [0.15, 0.2) is 23.6 Å². The number of non-ortho nitro benzene ring substituents is 1. The zero-order valence-corrected chi connectivity index (χ0v) is 15.5. The van der Waals surface area contributed by atoms with E-state index in [0.29, 0.717) is 5.69 Å². The summed E-state index contributed by atoms with van der Waals surface area (Å²) in [5.74, 6) is -0.566. The van der Waals surface area contributed by atoms with Gasteiger partial charge in [-0.15, -0.1) is 11.3 Å². The standard InChI is InChI=1S/C17H20N4O4S/c1-12-18-13(11-26-12)10-19-5-7-20(8-6-19)16-4-3-14(21(23)24)9-15(16)17(22)25-2/h3-4,9,11H,5-8,10H2,1-2H3. The fraction of sp³-hybridized carbons (Fsp3) is 0.412. The van der Waals surface area contributed by atoms with Crippen molar-refractivity contribution in [1.29, 1.82) is 0 Å². The van der Waals surface area contributed by atoms with Gasteiger partial charge in [-0.2, -0.15) is 0 Å². The Balaban J connectivity index is 1.72. The first-order chi connectivity index (χ1) is 12.5. The highest BCUT2D eigenvalue weighted by molar-refractivity contribution is 7.09. The summed E-state index contributed by atoms with van der Waals surface area (Å²) in [6, 6.07) is 4.33. The predicted octanol–water partition coefficient (Wildman–Crippen LogP) is 2.47. The lowest BCUT2D eigenvalue weighted by molar-refractivity contribution is -0.384. The van der Waals surface area contributed by atoms with Gasteiger partial charge in [-0.1, -0.05) is 0 Å². The van der Waals surface area contributed by atoms with E-state index in [1.54, 1.807) is 17.4 Å². The molecule has 3 rings (SSSR count). The second-order valence-corrected chi connectivity index (χ2v) is 7.13. The molecule has 1 aliphatic heterocycles. The molecule has 1 fully saturated rings. The number of benzene rings is 1. The fourth-order valence-corrected chi connectivity index (χ4v) is 3.65. The lowest BCUT2D eigenvalue weighted by atomic mass is 10.1. The van der Waals surface area contributed by atoms with E-state index in [1.807, 2.05) is 6.92 Å². The Hall–Kier alpha value is -2.52. The molecule has 1 aromatic carbocycles. The Kier molecular flexibility index (Phi) is 5.48. The number of hydrogen-bond acceptors (Lipinski definition) is 8. The number of nitro benzene ring substituents is 1. The minimum absolute atomic E-state index is 0.119. The first-order valence-electron chi connectivity index (χ1n) is 8.23. The van der Waals surface area contributed by atoms with Crippen molar-refractivity contribution in [1.82, 2.24) is 9.88 Å². The first kappa shape index (κ1) is 18.3. The number of carbonyl (C=O) groups excluding carboxylic acids is 1. The van der Waals surface area contributed by atoms with Gasteiger partial charge >= 0.3 is 5.97 Å². The summed E-state index contributed by atoms with van der Waals surface area (Å²) in [6.07, 6.45) is 0. The zero-order chi connectivity index (χ0) is 18.7. The summed E-state index contributed by atoms with van der Waals surface area (Å²) in [5, 5.41) is 14.1. The van der Waals surface area contributed by atoms with Gasteiger partial charge in [0.25, 0.3) is 5.69 Å². The summed E-state index contributed by atoms with van der Waals surface area (Å²) in [6.45, 7) is 5.91. The molecule has 0 amide bonds. The van der Waals surface area contributed by atoms with E-state index >= 15 is 0 Å². The van der Waals surface area contributed by atoms with Crippen molar-refractivity contribution in [3.63, 3.8) is 0 Å². The first-order valence-corrected chi connectivity index (χ1v) is 9.11. The molecule has 1 aliphatic rings. The van der Waals surface area contributed by atoms with Crippen LogP contribution in [0.4, 0.5) is 11.4 Å². The van der Waals surface area contributed by atoms with Gasteiger partial charge < -0.3 is 9.64 Å². The van der Waals surface area contributed by atoms with Gasteiger partial charge in [-0.25, -0.2) is 9.78 Å². The molecule has 8 nitrogen and oxygen atoms in total. The lowest BCUT2D eigenvalue weighted by Crippen LogP contribution is -2.46. The summed E-state index contributed by atoms with van der Waals surface area (Å²) in [5.41, 5.74) is 1.86. The summed E-state index contributed by atoms with van der Waals surface area (Å²) in [7, 11) is 1.28. The van der Waals surface area contributed by atoms with Crippen LogP contribution >= 0.6 is 11.3 Å². The van der Waals surface area contributed by atoms with Crippen LogP contribution in [-0.2, 0) is 11.3 Å². The number of methoxy groups -OCH3 is 1. The Morgan fingerprint density at radius 1 is 1.35 bits per heavy atom. The highest BCUT2D eigenvalue weighted by atomic mass is 32.1. The number of esters is 1. The maximum atomic E-state index is 12.1. The number of aryl methyl sites for hydroxylation is 1. The molecule has 2 aromatic rings. The minimum Gasteiger partial charge on any atom is -0.465 e. The molecule has 138 valence electrons. The number of thiazole rings is 1. The van der Waals surface area contributed by atoms with Crippen molar-refractivity contribution in [3.8, 4) is 0 Å². The van der Waals surface area contributed by atoms with Crippen LogP contribution in [0.3, 0.4) is 0 Å². The number of rotatable bonds is 5. The van der Waals surface area contributed by atoms with Gasteiger partial charge in [-0.3, -0.25) is 15.0 Å². The van der Waals surface area contributed by atoms with Crippen molar-refractivity contribution in [2.45, 2.75) is 13.5 Å². The molecule has 9 heteroatoms. The number of piperazine rings is 1. The molecular formula is C17H20N4O4S. The monoisotopic (exact) mass is 376 g/mol. The van der Waals surface area contributed by atoms with E-state index in [2.05, 4.69) is 20.2 Å². The molecule has 0 atom stereocenters. The fourth-order valence-electron chi connectivity index (χ4n) is 3.04. The molecule has 0 unspecified atom stereocenters. The average Bonchev–Trinajstić information content (AvgIpc) is 3.06. The second kappa shape index (κ2) is 7.79. The van der Waals surface area contributed by atoms with Crippen molar-refractivity contribution in [3.05, 3.63) is 50.0 Å². The Bertz CT molecular complexity index is 815. The number of nitrogens with zero attached hydrogens (tertiary/aromatic N) is 4. The molecule has 1 aromatic heterocycles. The molecule has 1 saturated heterocycles. The lowest BCUT2D eigenvalue weighted by Gasteiger charge is -2.36. The van der Waals surface area contributed by atoms with Crippen LogP contribution in [-0.4, -0.2) is 54.1 Å². The largest absolute Gasteiger partial charge is 0.465 e. The molecule has 2 heterocycles. The molecule has 0 spiro atoms. The van der Waals surface area contributed by atoms with E-state index in [9.17, 15) is 14.9 Å². The molecular weight excluding hydrogens is 356 g/mol. The maximum Gasteiger partial charge on any atom is 0.340 e. The van der Waals surface area contributed by atoms with Crippen LogP contribution < -0.4 is 4.90 Å². The van der Waals surface area contributed by atoms with E-state index in [4.69, 9.17) is 4.74 Å². The third-order valence-corrected chi connectivity index (χ3v) is 5.18. The predicted molar refractivity (Wildman–Crippen MR) is 98.8 cm³/mol. The number of ether oxygens (including phenoxy) is 1. The third kappa shape index (κ3) is 4.00. The van der Waals surface area contributed by atoms with Crippen LogP contribution in [0.5, 0.6) is 0 Å². The van der Waals surface area contributed by atoms with Gasteiger partial charge in [0.15, 0.2) is 0 Å². The van der Waals surface area contributed by atoms with Crippen molar-refractivity contribution < 1.29 is 14.5 Å². The highest BCUT2D eigenvalue weighted by Gasteiger charge is 2.24. The summed E-state index contributed by atoms with van der Waals surface area (Å²) >= 11 is 1.65. The van der Waals surface area contributed by atoms with E-state index in [0.717, 1.165) is 43.4 Å². The molecule has 26 heavy (non-hydrogen) atoms. The molecule has 0 N–H and O–H groups in total. The van der Waals surface area contributed by atoms with Gasteiger partial charge in [-0.05, 0) is 13.0 Å². The average molecular weight is 376 g/mol. The van der Waals surface area contributed by atoms with Crippen LogP contribution in [0.1, 0.15) is 21.1 Å². The highest BCUT2D eigenvalue weighted by Crippen LogP contribution is 2.27. The van der Waals surface area contributed by atoms with Gasteiger partial charge in [0.1, 0.15) is 0 Å². The number of nitro groups is 1. The maximum absolute atomic E-state index is 12.1. The summed E-state index contributed by atoms with van der Waals surface area (Å²) < 4.78 is 4.80. The van der Waals surface area contributed by atoms with Crippen LogP contribution in [0.2, 0.25) is 0 Å². The SMILES string of the molecule is COC(=O)c1cc([N+](=O)[O-])ccc1N1CCN(Cc2csc(C)n2)CC1. The Morgan fingerprint density at radius 3 is 2.65 bits per heavy atom. The number of anilines is 1. The smallest absolute Gasteiger partial charge is 0.340 e. The van der Waals surface area contributed by atoms with E-state index in [-0.39, 0.29) is 11.3 Å². The topological polar surface area (TPSA) is 88.8 Å². The third-order valence-electron chi connectivity index (χ3n) is 4.36. The Labute approximate surface area is 155 Å². The van der Waals surface area contributed by atoms with Crippen molar-refractivity contribution in [2.24, 2.45) is 0 Å². The zero-order valence-electron chi connectivity index (χ0n) is 14.7. The van der Waals surface area contributed by atoms with Crippen molar-refractivity contribution >= 4 is 28.7 Å². The van der Waals surface area contributed by atoms with Gasteiger partial charge in [0.2, 0.25) is 0 Å². The van der Waals surface area contributed by atoms with Crippen LogP contribution in [0.25, 0.3) is 0 Å². The quantitative estimate of drug-likeness (QED) is 0.450. The number of hydrogen-bond donors (Lipinski definition) is 0. The van der Waals surface area contributed by atoms with E-state index < -0.39 is 10.9 Å². The van der Waals surface area contributed by atoms with Crippen LogP contribution in [0, 0.1) is 17.0 Å². The van der Waals surface area contributed by atoms with Gasteiger partial charge in [0.05, 0.1) is 34.0 Å². The number of carbonyl (C=O) groups is 1. The normalized spacial score (nSPS) is 15.1. The van der Waals surface area contributed by atoms with E-state index in [1.165, 1.54) is 19.2 Å². The molecule has 0 aliphatic carbocycles. The minimum atomic E-state index is -0.566. The second-order valence-electron chi connectivity index (χ2n) is 6.07. The molecule has 0 bridgehead atoms. The van der Waals surface area contributed by atoms with Crippen molar-refractivity contribution in [2.75, 3.05) is 38.2 Å². The number of aromatic nitrogens is 1. The molecule has 0 saturated carbocycles. The molecule has 0 radical (unpaired) electrons.